The van der Waals surface area contributed by atoms with Crippen molar-refractivity contribution in [3.63, 3.8) is 0 Å². The summed E-state index contributed by atoms with van der Waals surface area (Å²) in [4.78, 5) is 4.75. The highest BCUT2D eigenvalue weighted by molar-refractivity contribution is 7.89. The zero-order valence-electron chi connectivity index (χ0n) is 16.3. The molecular formula is C20H19Cl2N5O2S. The van der Waals surface area contributed by atoms with Crippen LogP contribution in [0.4, 0.5) is 0 Å². The molecule has 0 spiro atoms. The van der Waals surface area contributed by atoms with E-state index in [1.165, 1.54) is 0 Å². The Labute approximate surface area is 184 Å². The van der Waals surface area contributed by atoms with Gasteiger partial charge in [-0.1, -0.05) is 41.4 Å². The number of hydrogen-bond donors (Lipinski definition) is 1. The maximum Gasteiger partial charge on any atom is 0.211 e. The quantitative estimate of drug-likeness (QED) is 0.620. The molecule has 7 nitrogen and oxygen atoms in total. The first-order valence-corrected chi connectivity index (χ1v) is 11.8. The molecule has 4 rings (SSSR count). The summed E-state index contributed by atoms with van der Waals surface area (Å²) in [6.07, 6.45) is 0. The van der Waals surface area contributed by atoms with Gasteiger partial charge in [-0.3, -0.25) is 9.56 Å². The topological polar surface area (TPSA) is 89.2 Å². The second kappa shape index (κ2) is 8.11. The number of nitrogens with one attached hydrogen (secondary N) is 1. The number of fused-ring (bicyclic) bond motifs is 3. The number of hydrogen-bond acceptors (Lipinski definition) is 5. The first-order chi connectivity index (χ1) is 14.3. The van der Waals surface area contributed by atoms with Gasteiger partial charge in [-0.15, -0.1) is 10.2 Å². The van der Waals surface area contributed by atoms with Crippen molar-refractivity contribution in [3.8, 4) is 5.69 Å². The first kappa shape index (κ1) is 21.0. The van der Waals surface area contributed by atoms with Crippen LogP contribution in [0.1, 0.15) is 42.7 Å². The molecule has 0 bridgehead atoms. The molecule has 0 fully saturated rings. The van der Waals surface area contributed by atoms with Crippen molar-refractivity contribution in [3.05, 3.63) is 75.3 Å². The van der Waals surface area contributed by atoms with Gasteiger partial charge < -0.3 is 0 Å². The highest BCUT2D eigenvalue weighted by Crippen LogP contribution is 2.31. The van der Waals surface area contributed by atoms with Crippen LogP contribution in [-0.4, -0.2) is 34.6 Å². The zero-order valence-corrected chi connectivity index (χ0v) is 18.6. The van der Waals surface area contributed by atoms with Crippen LogP contribution in [0.3, 0.4) is 0 Å². The van der Waals surface area contributed by atoms with E-state index in [9.17, 15) is 8.42 Å². The van der Waals surface area contributed by atoms with E-state index >= 15 is 0 Å². The number of halogens is 2. The maximum absolute atomic E-state index is 12.1. The van der Waals surface area contributed by atoms with Crippen molar-refractivity contribution >= 4 is 38.9 Å². The minimum atomic E-state index is -3.42. The van der Waals surface area contributed by atoms with Gasteiger partial charge in [-0.05, 0) is 38.1 Å². The Morgan fingerprint density at radius 1 is 1.13 bits per heavy atom. The highest BCUT2D eigenvalue weighted by atomic mass is 35.5. The van der Waals surface area contributed by atoms with Gasteiger partial charge in [0.15, 0.2) is 11.6 Å². The fraction of sp³-hybridized carbons (Fsp3) is 0.250. The number of rotatable bonds is 5. The molecule has 0 amide bonds. The summed E-state index contributed by atoms with van der Waals surface area (Å²) in [6.45, 7) is 3.58. The van der Waals surface area contributed by atoms with Crippen molar-refractivity contribution in [1.82, 2.24) is 19.5 Å². The Bertz CT molecular complexity index is 1250. The Balaban J connectivity index is 1.89. The van der Waals surface area contributed by atoms with Gasteiger partial charge in [0, 0.05) is 21.2 Å². The van der Waals surface area contributed by atoms with E-state index in [0.717, 1.165) is 16.8 Å². The summed E-state index contributed by atoms with van der Waals surface area (Å²) >= 11 is 12.8. The summed E-state index contributed by atoms with van der Waals surface area (Å²) in [7, 11) is -3.42. The second-order valence-corrected chi connectivity index (χ2v) is 9.75. The van der Waals surface area contributed by atoms with Crippen LogP contribution >= 0.6 is 23.2 Å². The molecule has 1 aliphatic heterocycles. The van der Waals surface area contributed by atoms with Crippen LogP contribution in [0, 0.1) is 0 Å². The van der Waals surface area contributed by atoms with E-state index in [2.05, 4.69) is 14.9 Å². The molecule has 1 N–H and O–H groups in total. The fourth-order valence-corrected chi connectivity index (χ4v) is 4.60. The molecule has 0 radical (unpaired) electrons. The maximum atomic E-state index is 12.1. The molecule has 1 aliphatic rings. The van der Waals surface area contributed by atoms with Gasteiger partial charge in [0.05, 0.1) is 23.2 Å². The minimum Gasteiger partial charge on any atom is -0.279 e. The third kappa shape index (κ3) is 3.88. The highest BCUT2D eigenvalue weighted by Gasteiger charge is 2.27. The molecule has 0 unspecified atom stereocenters. The molecule has 0 aliphatic carbocycles. The molecule has 2 aromatic carbocycles. The number of nitrogens with zero attached hydrogens (tertiary/aromatic N) is 4. The summed E-state index contributed by atoms with van der Waals surface area (Å²) < 4.78 is 28.6. The van der Waals surface area contributed by atoms with Gasteiger partial charge in [-0.25, -0.2) is 13.1 Å². The third-order valence-corrected chi connectivity index (χ3v) is 6.88. The van der Waals surface area contributed by atoms with Crippen LogP contribution in [0.25, 0.3) is 5.69 Å². The predicted molar refractivity (Wildman–Crippen MR) is 118 cm³/mol. The molecule has 0 saturated heterocycles. The van der Waals surface area contributed by atoms with Gasteiger partial charge in [-0.2, -0.15) is 0 Å². The number of benzene rings is 2. The summed E-state index contributed by atoms with van der Waals surface area (Å²) in [5.41, 5.74) is 2.99. The van der Waals surface area contributed by atoms with Crippen LogP contribution in [0.2, 0.25) is 10.0 Å². The molecule has 30 heavy (non-hydrogen) atoms. The molecule has 156 valence electrons. The van der Waals surface area contributed by atoms with Crippen LogP contribution in [-0.2, 0) is 16.6 Å². The minimum absolute atomic E-state index is 0.0235. The number of sulfonamides is 1. The van der Waals surface area contributed by atoms with E-state index in [-0.39, 0.29) is 12.3 Å². The van der Waals surface area contributed by atoms with Crippen LogP contribution in [0.5, 0.6) is 0 Å². The second-order valence-electron chi connectivity index (χ2n) is 6.86. The Morgan fingerprint density at radius 2 is 1.90 bits per heavy atom. The van der Waals surface area contributed by atoms with E-state index < -0.39 is 16.1 Å². The Morgan fingerprint density at radius 3 is 2.63 bits per heavy atom. The molecular weight excluding hydrogens is 445 g/mol. The lowest BCUT2D eigenvalue weighted by Gasteiger charge is -2.18. The monoisotopic (exact) mass is 463 g/mol. The predicted octanol–water partition coefficient (Wildman–Crippen LogP) is 3.93. The number of aromatic nitrogens is 3. The normalized spacial score (nSPS) is 14.5. The lowest BCUT2D eigenvalue weighted by molar-refractivity contribution is 0.557. The first-order valence-electron chi connectivity index (χ1n) is 9.34. The van der Waals surface area contributed by atoms with Gasteiger partial charge in [0.25, 0.3) is 0 Å². The lowest BCUT2D eigenvalue weighted by atomic mass is 10.0. The summed E-state index contributed by atoms with van der Waals surface area (Å²) in [5.74, 6) is 1.05. The van der Waals surface area contributed by atoms with E-state index in [1.54, 1.807) is 19.9 Å². The smallest absolute Gasteiger partial charge is 0.211 e. The van der Waals surface area contributed by atoms with Gasteiger partial charge in [0.2, 0.25) is 10.0 Å². The lowest BCUT2D eigenvalue weighted by Crippen LogP contribution is -2.30. The largest absolute Gasteiger partial charge is 0.279 e. The average molecular weight is 464 g/mol. The van der Waals surface area contributed by atoms with Crippen molar-refractivity contribution < 1.29 is 8.42 Å². The Kier molecular flexibility index (Phi) is 5.67. The van der Waals surface area contributed by atoms with Crippen molar-refractivity contribution in [1.29, 1.82) is 0 Å². The van der Waals surface area contributed by atoms with Crippen molar-refractivity contribution in [2.75, 3.05) is 5.75 Å². The van der Waals surface area contributed by atoms with Crippen LogP contribution < -0.4 is 4.72 Å². The van der Waals surface area contributed by atoms with Crippen LogP contribution in [0.15, 0.2) is 47.5 Å². The SMILES string of the molecule is CCS(=O)(=O)N[C@@H](C)c1nnc2n1-c1ccc(Cl)cc1C(c1ccccc1Cl)=NC2. The van der Waals surface area contributed by atoms with E-state index in [4.69, 9.17) is 28.2 Å². The average Bonchev–Trinajstić information content (AvgIpc) is 3.06. The molecule has 1 atom stereocenters. The molecule has 10 heteroatoms. The molecule has 2 heterocycles. The molecule has 0 saturated carbocycles. The summed E-state index contributed by atoms with van der Waals surface area (Å²) in [6, 6.07) is 12.3. The van der Waals surface area contributed by atoms with E-state index in [0.29, 0.717) is 27.4 Å². The van der Waals surface area contributed by atoms with Crippen molar-refractivity contribution in [2.45, 2.75) is 26.4 Å². The molecule has 3 aromatic rings. The number of aliphatic imine (C=N–C) groups is 1. The summed E-state index contributed by atoms with van der Waals surface area (Å²) in [5, 5.41) is 9.64. The fourth-order valence-electron chi connectivity index (χ4n) is 3.39. The van der Waals surface area contributed by atoms with Gasteiger partial charge in [0.1, 0.15) is 6.54 Å². The Hall–Kier alpha value is -2.26. The van der Waals surface area contributed by atoms with E-state index in [1.807, 2.05) is 41.0 Å². The zero-order chi connectivity index (χ0) is 21.5. The van der Waals surface area contributed by atoms with Crippen molar-refractivity contribution in [2.24, 2.45) is 4.99 Å². The van der Waals surface area contributed by atoms with Gasteiger partial charge >= 0.3 is 0 Å². The molecule has 1 aromatic heterocycles. The standard InChI is InChI=1S/C20H19Cl2N5O2S/c1-3-30(28,29)26-12(2)20-25-24-18-11-23-19(14-6-4-5-7-16(14)22)15-10-13(21)8-9-17(15)27(18)20/h4-10,12,26H,3,11H2,1-2H3/t12-/m0/s1. The third-order valence-electron chi connectivity index (χ3n) is 4.84.